The van der Waals surface area contributed by atoms with Crippen LogP contribution in [0.15, 0.2) is 36.7 Å². The first-order chi connectivity index (χ1) is 11.6. The maximum absolute atomic E-state index is 12.2. The van der Waals surface area contributed by atoms with Gasteiger partial charge < -0.3 is 14.2 Å². The summed E-state index contributed by atoms with van der Waals surface area (Å²) in [5.41, 5.74) is 5.18. The maximum atomic E-state index is 12.2. The van der Waals surface area contributed by atoms with Crippen molar-refractivity contribution in [3.63, 3.8) is 0 Å². The second kappa shape index (κ2) is 7.82. The molecule has 126 valence electrons. The molecule has 8 heteroatoms. The van der Waals surface area contributed by atoms with Gasteiger partial charge in [0.25, 0.3) is 11.8 Å². The first-order valence-corrected chi connectivity index (χ1v) is 6.91. The van der Waals surface area contributed by atoms with E-state index in [2.05, 4.69) is 15.8 Å². The van der Waals surface area contributed by atoms with Crippen molar-refractivity contribution >= 4 is 11.8 Å². The van der Waals surface area contributed by atoms with Gasteiger partial charge in [0.1, 0.15) is 0 Å². The minimum absolute atomic E-state index is 0.232. The van der Waals surface area contributed by atoms with Gasteiger partial charge in [-0.15, -0.1) is 0 Å². The fourth-order valence-corrected chi connectivity index (χ4v) is 1.97. The Morgan fingerprint density at radius 1 is 0.917 bits per heavy atom. The van der Waals surface area contributed by atoms with Crippen LogP contribution >= 0.6 is 0 Å². The Balaban J connectivity index is 2.13. The van der Waals surface area contributed by atoms with Crippen molar-refractivity contribution < 1.29 is 23.8 Å². The fourth-order valence-electron chi connectivity index (χ4n) is 1.97. The molecule has 0 unspecified atom stereocenters. The van der Waals surface area contributed by atoms with E-state index < -0.39 is 11.8 Å². The van der Waals surface area contributed by atoms with Gasteiger partial charge in [-0.1, -0.05) is 0 Å². The van der Waals surface area contributed by atoms with Gasteiger partial charge in [0.05, 0.1) is 26.9 Å². The number of amides is 2. The predicted octanol–water partition coefficient (Wildman–Crippen LogP) is 1.18. The molecule has 0 aliphatic rings. The van der Waals surface area contributed by atoms with Gasteiger partial charge in [-0.2, -0.15) is 0 Å². The molecule has 1 aromatic carbocycles. The highest BCUT2D eigenvalue weighted by molar-refractivity contribution is 5.99. The zero-order valence-corrected chi connectivity index (χ0v) is 13.5. The summed E-state index contributed by atoms with van der Waals surface area (Å²) in [7, 11) is 4.36. The summed E-state index contributed by atoms with van der Waals surface area (Å²) in [6, 6.07) is 6.16. The second-order valence-electron chi connectivity index (χ2n) is 4.56. The highest BCUT2D eigenvalue weighted by Crippen LogP contribution is 2.38. The zero-order chi connectivity index (χ0) is 17.5. The number of ether oxygens (including phenoxy) is 3. The third-order valence-corrected chi connectivity index (χ3v) is 3.14. The molecule has 0 radical (unpaired) electrons. The van der Waals surface area contributed by atoms with Crippen LogP contribution in [0.25, 0.3) is 0 Å². The number of carbonyl (C=O) groups is 2. The molecule has 0 saturated carbocycles. The van der Waals surface area contributed by atoms with E-state index in [9.17, 15) is 9.59 Å². The monoisotopic (exact) mass is 331 g/mol. The lowest BCUT2D eigenvalue weighted by molar-refractivity contribution is 0.0846. The van der Waals surface area contributed by atoms with Gasteiger partial charge in [-0.05, 0) is 24.3 Å². The molecule has 1 heterocycles. The number of nitrogens with one attached hydrogen (secondary N) is 2. The molecule has 0 aliphatic carbocycles. The Morgan fingerprint density at radius 2 is 1.50 bits per heavy atom. The number of pyridine rings is 1. The third-order valence-electron chi connectivity index (χ3n) is 3.14. The van der Waals surface area contributed by atoms with Gasteiger partial charge in [-0.3, -0.25) is 25.4 Å². The van der Waals surface area contributed by atoms with Gasteiger partial charge in [-0.25, -0.2) is 0 Å². The van der Waals surface area contributed by atoms with Crippen LogP contribution in [0, 0.1) is 0 Å². The summed E-state index contributed by atoms with van der Waals surface area (Å²) < 4.78 is 15.6. The summed E-state index contributed by atoms with van der Waals surface area (Å²) in [6.45, 7) is 0. The molecule has 0 spiro atoms. The zero-order valence-electron chi connectivity index (χ0n) is 13.5. The predicted molar refractivity (Wildman–Crippen MR) is 85.3 cm³/mol. The average molecular weight is 331 g/mol. The molecule has 2 amide bonds. The van der Waals surface area contributed by atoms with E-state index >= 15 is 0 Å². The van der Waals surface area contributed by atoms with E-state index in [1.165, 1.54) is 39.7 Å². The largest absolute Gasteiger partial charge is 0.493 e. The van der Waals surface area contributed by atoms with Crippen molar-refractivity contribution in [2.24, 2.45) is 0 Å². The maximum Gasteiger partial charge on any atom is 0.271 e. The van der Waals surface area contributed by atoms with Crippen molar-refractivity contribution in [2.45, 2.75) is 0 Å². The van der Waals surface area contributed by atoms with Crippen molar-refractivity contribution in [1.29, 1.82) is 0 Å². The minimum atomic E-state index is -0.536. The molecule has 8 nitrogen and oxygen atoms in total. The van der Waals surface area contributed by atoms with E-state index in [4.69, 9.17) is 14.2 Å². The molecule has 1 aromatic heterocycles. The summed E-state index contributed by atoms with van der Waals surface area (Å²) in [5.74, 6) is 0.0208. The molecule has 24 heavy (non-hydrogen) atoms. The molecule has 0 aliphatic heterocycles. The molecular formula is C16H17N3O5. The lowest BCUT2D eigenvalue weighted by atomic mass is 10.1. The Labute approximate surface area is 138 Å². The number of nitrogens with zero attached hydrogens (tertiary/aromatic N) is 1. The standard InChI is InChI=1S/C16H17N3O5/c1-22-12-7-11(8-13(23-2)14(12)24-3)16(21)19-18-15(20)10-5-4-6-17-9-10/h4-9H,1-3H3,(H,18,20)(H,19,21). The Kier molecular flexibility index (Phi) is 5.56. The molecule has 2 N–H and O–H groups in total. The SMILES string of the molecule is COc1cc(C(=O)NNC(=O)c2cccnc2)cc(OC)c1OC. The summed E-state index contributed by atoms with van der Waals surface area (Å²) in [5, 5.41) is 0. The number of methoxy groups -OCH3 is 3. The van der Waals surface area contributed by atoms with E-state index in [0.717, 1.165) is 0 Å². The molecule has 0 saturated heterocycles. The van der Waals surface area contributed by atoms with Crippen LogP contribution in [-0.4, -0.2) is 38.1 Å². The molecule has 2 rings (SSSR count). The van der Waals surface area contributed by atoms with Crippen LogP contribution in [0.5, 0.6) is 17.2 Å². The van der Waals surface area contributed by atoms with Gasteiger partial charge in [0.2, 0.25) is 5.75 Å². The first-order valence-electron chi connectivity index (χ1n) is 6.91. The van der Waals surface area contributed by atoms with E-state index in [1.54, 1.807) is 18.3 Å². The van der Waals surface area contributed by atoms with E-state index in [0.29, 0.717) is 22.8 Å². The molecule has 2 aromatic rings. The van der Waals surface area contributed by atoms with Crippen LogP contribution < -0.4 is 25.1 Å². The van der Waals surface area contributed by atoms with Gasteiger partial charge in [0, 0.05) is 18.0 Å². The van der Waals surface area contributed by atoms with Crippen molar-refractivity contribution in [3.8, 4) is 17.2 Å². The smallest absolute Gasteiger partial charge is 0.271 e. The fraction of sp³-hybridized carbons (Fsp3) is 0.188. The quantitative estimate of drug-likeness (QED) is 0.798. The average Bonchev–Trinajstić information content (AvgIpc) is 2.65. The number of benzene rings is 1. The number of hydrogen-bond acceptors (Lipinski definition) is 6. The van der Waals surface area contributed by atoms with E-state index in [-0.39, 0.29) is 5.56 Å². The lowest BCUT2D eigenvalue weighted by Gasteiger charge is -2.14. The molecule has 0 fully saturated rings. The highest BCUT2D eigenvalue weighted by Gasteiger charge is 2.17. The van der Waals surface area contributed by atoms with Crippen LogP contribution in [0.1, 0.15) is 20.7 Å². The lowest BCUT2D eigenvalue weighted by Crippen LogP contribution is -2.41. The summed E-state index contributed by atoms with van der Waals surface area (Å²) >= 11 is 0. The third kappa shape index (κ3) is 3.72. The summed E-state index contributed by atoms with van der Waals surface area (Å²) in [4.78, 5) is 27.9. The first kappa shape index (κ1) is 17.1. The van der Waals surface area contributed by atoms with Crippen LogP contribution in [-0.2, 0) is 0 Å². The van der Waals surface area contributed by atoms with Crippen molar-refractivity contribution in [3.05, 3.63) is 47.8 Å². The minimum Gasteiger partial charge on any atom is -0.493 e. The molecule has 0 atom stereocenters. The Morgan fingerprint density at radius 3 is 1.96 bits per heavy atom. The molecular weight excluding hydrogens is 314 g/mol. The van der Waals surface area contributed by atoms with Crippen molar-refractivity contribution in [1.82, 2.24) is 15.8 Å². The van der Waals surface area contributed by atoms with Crippen molar-refractivity contribution in [2.75, 3.05) is 21.3 Å². The normalized spacial score (nSPS) is 9.79. The number of hydrazine groups is 1. The topological polar surface area (TPSA) is 98.8 Å². The van der Waals surface area contributed by atoms with E-state index in [1.807, 2.05) is 0 Å². The van der Waals surface area contributed by atoms with Gasteiger partial charge >= 0.3 is 0 Å². The van der Waals surface area contributed by atoms with Crippen LogP contribution in [0.3, 0.4) is 0 Å². The van der Waals surface area contributed by atoms with Gasteiger partial charge in [0.15, 0.2) is 11.5 Å². The summed E-state index contributed by atoms with van der Waals surface area (Å²) in [6.07, 6.45) is 2.94. The van der Waals surface area contributed by atoms with Crippen LogP contribution in [0.2, 0.25) is 0 Å². The van der Waals surface area contributed by atoms with Crippen LogP contribution in [0.4, 0.5) is 0 Å². The number of rotatable bonds is 5. The Bertz CT molecular complexity index is 709. The highest BCUT2D eigenvalue weighted by atomic mass is 16.5. The Hall–Kier alpha value is -3.29. The molecule has 0 bridgehead atoms. The second-order valence-corrected chi connectivity index (χ2v) is 4.56. The number of aromatic nitrogens is 1. The number of carbonyl (C=O) groups excluding carboxylic acids is 2. The number of hydrogen-bond donors (Lipinski definition) is 2.